The molecule has 6 nitrogen and oxygen atoms in total. The number of amides is 1. The Bertz CT molecular complexity index is 1030. The summed E-state index contributed by atoms with van der Waals surface area (Å²) in [5, 5.41) is 8.90. The molecule has 1 aliphatic rings. The van der Waals surface area contributed by atoms with E-state index >= 15 is 0 Å². The molecule has 0 radical (unpaired) electrons. The molecule has 2 heterocycles. The first-order valence-corrected chi connectivity index (χ1v) is 8.96. The maximum Gasteiger partial charge on any atom is 1.00 e. The molecule has 0 bridgehead atoms. The molecule has 7 heteroatoms. The van der Waals surface area contributed by atoms with Crippen molar-refractivity contribution in [2.24, 2.45) is 0 Å². The molecular weight excluding hydrogens is 438 g/mol. The second kappa shape index (κ2) is 10.2. The number of nitriles is 1. The van der Waals surface area contributed by atoms with Crippen LogP contribution < -0.4 is 58.2 Å². The number of carbonyl (C=O) groups is 1. The number of rotatable bonds is 3. The normalized spacial score (nSPS) is 12.3. The molecule has 0 unspecified atom stereocenters. The van der Waals surface area contributed by atoms with E-state index in [0.717, 1.165) is 22.4 Å². The van der Waals surface area contributed by atoms with Crippen molar-refractivity contribution >= 4 is 6.09 Å². The monoisotopic (exact) mass is 454 g/mol. The van der Waals surface area contributed by atoms with Crippen LogP contribution in [0.15, 0.2) is 54.6 Å². The minimum atomic E-state index is -0.348. The maximum absolute atomic E-state index is 12.4. The smallest absolute Gasteiger partial charge is 0.445 e. The number of fused-ring (bicyclic) bond motifs is 1. The van der Waals surface area contributed by atoms with Crippen LogP contribution in [0.3, 0.4) is 0 Å². The summed E-state index contributed by atoms with van der Waals surface area (Å²) in [4.78, 5) is 22.9. The third kappa shape index (κ3) is 5.37. The van der Waals surface area contributed by atoms with Gasteiger partial charge in [0.1, 0.15) is 6.61 Å². The van der Waals surface area contributed by atoms with Gasteiger partial charge in [-0.15, -0.1) is 5.56 Å². The Balaban J connectivity index is 0.00000240. The molecular formula is C22H17N4O2Rb. The van der Waals surface area contributed by atoms with Gasteiger partial charge in [0.15, 0.2) is 0 Å². The molecule has 0 saturated carbocycles. The van der Waals surface area contributed by atoms with Gasteiger partial charge in [-0.25, -0.2) is 4.79 Å². The van der Waals surface area contributed by atoms with Gasteiger partial charge in [0.2, 0.25) is 0 Å². The van der Waals surface area contributed by atoms with E-state index in [1.54, 1.807) is 17.0 Å². The Morgan fingerprint density at radius 3 is 2.66 bits per heavy atom. The summed E-state index contributed by atoms with van der Waals surface area (Å²) in [6, 6.07) is 18.8. The van der Waals surface area contributed by atoms with Gasteiger partial charge in [-0.3, -0.25) is 0 Å². The Morgan fingerprint density at radius 1 is 1.17 bits per heavy atom. The van der Waals surface area contributed by atoms with E-state index in [1.807, 2.05) is 42.5 Å². The first kappa shape index (κ1) is 21.8. The molecule has 1 aliphatic heterocycles. The van der Waals surface area contributed by atoms with E-state index < -0.39 is 0 Å². The van der Waals surface area contributed by atoms with Crippen molar-refractivity contribution in [2.75, 3.05) is 6.54 Å². The van der Waals surface area contributed by atoms with Gasteiger partial charge in [0, 0.05) is 18.9 Å². The SMILES string of the molecule is N#Cc1ccc(-c2n[c-]c3c(n2)CCN(C(=O)OCc2ccccc2)C3)cc1.[Rb+]. The molecule has 0 fully saturated rings. The summed E-state index contributed by atoms with van der Waals surface area (Å²) in [5.41, 5.74) is 4.08. The van der Waals surface area contributed by atoms with Crippen molar-refractivity contribution in [3.8, 4) is 17.5 Å². The van der Waals surface area contributed by atoms with Crippen molar-refractivity contribution in [2.45, 2.75) is 19.6 Å². The minimum Gasteiger partial charge on any atom is -0.445 e. The number of hydrogen-bond acceptors (Lipinski definition) is 5. The third-order valence-corrected chi connectivity index (χ3v) is 4.59. The van der Waals surface area contributed by atoms with Crippen molar-refractivity contribution in [1.82, 2.24) is 14.9 Å². The molecule has 138 valence electrons. The fraction of sp³-hybridized carbons (Fsp3) is 0.182. The molecule has 0 spiro atoms. The Morgan fingerprint density at radius 2 is 1.93 bits per heavy atom. The van der Waals surface area contributed by atoms with E-state index in [2.05, 4.69) is 22.2 Å². The number of benzene rings is 2. The Kier molecular flexibility index (Phi) is 7.67. The van der Waals surface area contributed by atoms with Gasteiger partial charge in [-0.1, -0.05) is 54.4 Å². The third-order valence-electron chi connectivity index (χ3n) is 4.59. The predicted molar refractivity (Wildman–Crippen MR) is 102 cm³/mol. The Labute approximate surface area is 218 Å². The van der Waals surface area contributed by atoms with Crippen LogP contribution in [0.2, 0.25) is 0 Å². The molecule has 0 atom stereocenters. The standard InChI is InChI=1S/C22H17N4O2.Rb/c23-12-16-6-8-18(9-7-16)21-24-13-19-14-26(11-10-20(19)25-21)22(27)28-15-17-4-2-1-3-5-17;/h1-9H,10-11,14-15H2;/q-1;+1. The van der Waals surface area contributed by atoms with Crippen LogP contribution in [-0.4, -0.2) is 27.5 Å². The zero-order valence-electron chi connectivity index (χ0n) is 16.1. The van der Waals surface area contributed by atoms with Crippen LogP contribution in [-0.2, 0) is 24.3 Å². The Hall–Kier alpha value is -1.91. The zero-order valence-corrected chi connectivity index (χ0v) is 21.0. The summed E-state index contributed by atoms with van der Waals surface area (Å²) >= 11 is 0. The molecule has 3 aromatic rings. The van der Waals surface area contributed by atoms with E-state index in [-0.39, 0.29) is 70.9 Å². The summed E-state index contributed by atoms with van der Waals surface area (Å²) in [7, 11) is 0. The van der Waals surface area contributed by atoms with E-state index in [9.17, 15) is 4.79 Å². The van der Waals surface area contributed by atoms with Crippen LogP contribution >= 0.6 is 0 Å². The molecule has 2 aromatic carbocycles. The number of carbonyl (C=O) groups excluding carboxylic acids is 1. The second-order valence-corrected chi connectivity index (χ2v) is 6.49. The van der Waals surface area contributed by atoms with Crippen LogP contribution in [0.5, 0.6) is 0 Å². The average Bonchev–Trinajstić information content (AvgIpc) is 2.77. The van der Waals surface area contributed by atoms with Crippen molar-refractivity contribution < 1.29 is 67.7 Å². The van der Waals surface area contributed by atoms with Crippen LogP contribution in [0.4, 0.5) is 4.79 Å². The summed E-state index contributed by atoms with van der Waals surface area (Å²) < 4.78 is 5.40. The van der Waals surface area contributed by atoms with Crippen LogP contribution in [0.25, 0.3) is 11.4 Å². The van der Waals surface area contributed by atoms with Gasteiger partial charge >= 0.3 is 64.3 Å². The van der Waals surface area contributed by atoms with Crippen molar-refractivity contribution in [1.29, 1.82) is 5.26 Å². The largest absolute Gasteiger partial charge is 1.00 e. The van der Waals surface area contributed by atoms with E-state index in [1.165, 1.54) is 0 Å². The van der Waals surface area contributed by atoms with Gasteiger partial charge in [-0.2, -0.15) is 5.26 Å². The first-order valence-electron chi connectivity index (χ1n) is 8.96. The second-order valence-electron chi connectivity index (χ2n) is 6.49. The predicted octanol–water partition coefficient (Wildman–Crippen LogP) is 0.514. The summed E-state index contributed by atoms with van der Waals surface area (Å²) in [6.45, 7) is 1.18. The van der Waals surface area contributed by atoms with Gasteiger partial charge in [-0.05, 0) is 29.7 Å². The zero-order chi connectivity index (χ0) is 19.3. The van der Waals surface area contributed by atoms with Crippen LogP contribution in [0.1, 0.15) is 22.4 Å². The fourth-order valence-corrected chi connectivity index (χ4v) is 3.04. The molecule has 0 aliphatic carbocycles. The number of hydrogen-bond donors (Lipinski definition) is 0. The van der Waals surface area contributed by atoms with Crippen LogP contribution in [0, 0.1) is 17.5 Å². The first-order chi connectivity index (χ1) is 13.7. The van der Waals surface area contributed by atoms with E-state index in [0.29, 0.717) is 30.9 Å². The quantitative estimate of drug-likeness (QED) is 0.539. The van der Waals surface area contributed by atoms with Gasteiger partial charge < -0.3 is 19.6 Å². The molecule has 0 saturated heterocycles. The number of aromatic nitrogens is 2. The minimum absolute atomic E-state index is 0. The van der Waals surface area contributed by atoms with Crippen molar-refractivity contribution in [3.05, 3.63) is 83.2 Å². The summed E-state index contributed by atoms with van der Waals surface area (Å²) in [6.07, 6.45) is 3.29. The van der Waals surface area contributed by atoms with Crippen molar-refractivity contribution in [3.63, 3.8) is 0 Å². The molecule has 0 N–H and O–H groups in total. The topological polar surface area (TPSA) is 79.1 Å². The molecule has 1 aromatic heterocycles. The molecule has 4 rings (SSSR count). The fourth-order valence-electron chi connectivity index (χ4n) is 3.04. The summed E-state index contributed by atoms with van der Waals surface area (Å²) in [5.74, 6) is 0.573. The average molecular weight is 455 g/mol. The van der Waals surface area contributed by atoms with Gasteiger partial charge in [0.05, 0.1) is 11.6 Å². The molecule has 29 heavy (non-hydrogen) atoms. The molecule has 1 amide bonds. The maximum atomic E-state index is 12.4. The number of ether oxygens (including phenoxy) is 1. The number of nitrogens with zero attached hydrogens (tertiary/aromatic N) is 4. The van der Waals surface area contributed by atoms with Gasteiger partial charge in [0.25, 0.3) is 0 Å². The van der Waals surface area contributed by atoms with E-state index in [4.69, 9.17) is 10.00 Å².